The highest BCUT2D eigenvalue weighted by Crippen LogP contribution is 2.40. The van der Waals surface area contributed by atoms with Gasteiger partial charge >= 0.3 is 0 Å². The molecule has 1 aliphatic rings. The Labute approximate surface area is 96.3 Å². The zero-order valence-corrected chi connectivity index (χ0v) is 10.5. The van der Waals surface area contributed by atoms with Gasteiger partial charge in [0, 0.05) is 5.75 Å². The maximum absolute atomic E-state index is 11.3. The fourth-order valence-electron chi connectivity index (χ4n) is 1.54. The molecule has 0 radical (unpaired) electrons. The lowest BCUT2D eigenvalue weighted by atomic mass is 9.96. The molecule has 0 aromatic carbocycles. The van der Waals surface area contributed by atoms with Gasteiger partial charge in [0.2, 0.25) is 5.91 Å². The first-order valence-corrected chi connectivity index (χ1v) is 6.82. The summed E-state index contributed by atoms with van der Waals surface area (Å²) in [6.07, 6.45) is 3.29. The Balaban J connectivity index is 2.36. The summed E-state index contributed by atoms with van der Waals surface area (Å²) in [5, 5.41) is 0. The van der Waals surface area contributed by atoms with E-state index in [-0.39, 0.29) is 5.91 Å². The number of rotatable bonds is 7. The van der Waals surface area contributed by atoms with Crippen LogP contribution in [0, 0.1) is 11.8 Å². The third-order valence-corrected chi connectivity index (χ3v) is 4.69. The molecule has 2 unspecified atom stereocenters. The molecule has 1 rings (SSSR count). The Morgan fingerprint density at radius 2 is 2.20 bits per heavy atom. The molecule has 15 heavy (non-hydrogen) atoms. The first-order valence-electron chi connectivity index (χ1n) is 5.67. The molecule has 0 aromatic heterocycles. The summed E-state index contributed by atoms with van der Waals surface area (Å²) >= 11 is 1.76. The van der Waals surface area contributed by atoms with Crippen LogP contribution in [0.15, 0.2) is 0 Å². The van der Waals surface area contributed by atoms with E-state index in [9.17, 15) is 4.79 Å². The minimum atomic E-state index is -0.752. The maximum atomic E-state index is 11.3. The number of carbonyl (C=O) groups is 1. The molecule has 0 bridgehead atoms. The van der Waals surface area contributed by atoms with Gasteiger partial charge in [0.25, 0.3) is 0 Å². The van der Waals surface area contributed by atoms with Gasteiger partial charge < -0.3 is 11.5 Å². The fraction of sp³-hybridized carbons (Fsp3) is 0.909. The van der Waals surface area contributed by atoms with Crippen molar-refractivity contribution in [2.45, 2.75) is 38.6 Å². The Kier molecular flexibility index (Phi) is 4.46. The van der Waals surface area contributed by atoms with Gasteiger partial charge in [-0.15, -0.1) is 0 Å². The van der Waals surface area contributed by atoms with E-state index in [0.717, 1.165) is 18.6 Å². The summed E-state index contributed by atoms with van der Waals surface area (Å²) in [6, 6.07) is 0. The number of nitrogens with two attached hydrogens (primary N) is 2. The van der Waals surface area contributed by atoms with E-state index in [1.165, 1.54) is 6.42 Å². The summed E-state index contributed by atoms with van der Waals surface area (Å²) in [7, 11) is 0. The first-order chi connectivity index (χ1) is 7.00. The summed E-state index contributed by atoms with van der Waals surface area (Å²) < 4.78 is 0. The van der Waals surface area contributed by atoms with Crippen molar-refractivity contribution in [1.29, 1.82) is 0 Å². The molecule has 2 atom stereocenters. The molecule has 0 saturated heterocycles. The van der Waals surface area contributed by atoms with Crippen molar-refractivity contribution in [2.24, 2.45) is 23.3 Å². The number of primary amides is 1. The van der Waals surface area contributed by atoms with Crippen LogP contribution in [0.25, 0.3) is 0 Å². The lowest BCUT2D eigenvalue weighted by Gasteiger charge is -2.25. The highest BCUT2D eigenvalue weighted by atomic mass is 32.2. The summed E-state index contributed by atoms with van der Waals surface area (Å²) in [4.78, 5) is 11.3. The molecule has 4 N–H and O–H groups in total. The largest absolute Gasteiger partial charge is 0.368 e. The van der Waals surface area contributed by atoms with E-state index in [2.05, 4.69) is 13.8 Å². The summed E-state index contributed by atoms with van der Waals surface area (Å²) in [5.41, 5.74) is 10.7. The van der Waals surface area contributed by atoms with E-state index >= 15 is 0 Å². The van der Waals surface area contributed by atoms with Crippen molar-refractivity contribution >= 4 is 17.7 Å². The van der Waals surface area contributed by atoms with E-state index in [1.54, 1.807) is 11.8 Å². The average Bonchev–Trinajstić information content (AvgIpc) is 3.00. The monoisotopic (exact) mass is 230 g/mol. The molecule has 4 heteroatoms. The molecule has 1 amide bonds. The van der Waals surface area contributed by atoms with E-state index in [4.69, 9.17) is 11.5 Å². The minimum absolute atomic E-state index is 0.332. The van der Waals surface area contributed by atoms with Crippen LogP contribution in [0.5, 0.6) is 0 Å². The summed E-state index contributed by atoms with van der Waals surface area (Å²) in [5.74, 6) is 2.43. The summed E-state index contributed by atoms with van der Waals surface area (Å²) in [6.45, 7) is 4.39. The van der Waals surface area contributed by atoms with E-state index in [1.807, 2.05) is 0 Å². The molecule has 3 nitrogen and oxygen atoms in total. The molecular weight excluding hydrogens is 208 g/mol. The molecule has 88 valence electrons. The van der Waals surface area contributed by atoms with Crippen molar-refractivity contribution in [3.05, 3.63) is 0 Å². The van der Waals surface area contributed by atoms with Gasteiger partial charge in [0.1, 0.15) is 5.54 Å². The van der Waals surface area contributed by atoms with Crippen molar-refractivity contribution in [3.63, 3.8) is 0 Å². The minimum Gasteiger partial charge on any atom is -0.368 e. The van der Waals surface area contributed by atoms with E-state index < -0.39 is 5.54 Å². The second-order valence-electron chi connectivity index (χ2n) is 4.71. The molecule has 0 heterocycles. The van der Waals surface area contributed by atoms with Crippen LogP contribution >= 0.6 is 11.8 Å². The van der Waals surface area contributed by atoms with Crippen LogP contribution in [0.3, 0.4) is 0 Å². The van der Waals surface area contributed by atoms with Crippen molar-refractivity contribution in [3.8, 4) is 0 Å². The lowest BCUT2D eigenvalue weighted by Crippen LogP contribution is -2.56. The highest BCUT2D eigenvalue weighted by molar-refractivity contribution is 7.99. The number of hydrogen-bond donors (Lipinski definition) is 2. The second kappa shape index (κ2) is 5.21. The standard InChI is InChI=1S/C11H22N2OS/c1-3-8(2)6-15-7-11(13,10(12)14)9-4-5-9/h8-9H,3-7,13H2,1-2H3,(H2,12,14). The smallest absolute Gasteiger partial charge is 0.238 e. The maximum Gasteiger partial charge on any atom is 0.238 e. The molecule has 0 aromatic rings. The quantitative estimate of drug-likeness (QED) is 0.694. The van der Waals surface area contributed by atoms with Gasteiger partial charge in [-0.25, -0.2) is 0 Å². The Morgan fingerprint density at radius 1 is 1.60 bits per heavy atom. The van der Waals surface area contributed by atoms with Crippen LogP contribution in [0.1, 0.15) is 33.1 Å². The van der Waals surface area contributed by atoms with Crippen LogP contribution in [0.4, 0.5) is 0 Å². The normalized spacial score (nSPS) is 22.1. The number of carbonyl (C=O) groups excluding carboxylic acids is 1. The zero-order valence-electron chi connectivity index (χ0n) is 9.66. The van der Waals surface area contributed by atoms with Crippen LogP contribution in [-0.2, 0) is 4.79 Å². The zero-order chi connectivity index (χ0) is 11.5. The molecule has 1 aliphatic carbocycles. The van der Waals surface area contributed by atoms with Crippen LogP contribution in [0.2, 0.25) is 0 Å². The van der Waals surface area contributed by atoms with Gasteiger partial charge in [-0.1, -0.05) is 20.3 Å². The van der Waals surface area contributed by atoms with Gasteiger partial charge in [-0.3, -0.25) is 4.79 Å². The van der Waals surface area contributed by atoms with Gasteiger partial charge in [0.05, 0.1) is 0 Å². The van der Waals surface area contributed by atoms with Gasteiger partial charge in [0.15, 0.2) is 0 Å². The first kappa shape index (κ1) is 12.8. The average molecular weight is 230 g/mol. The van der Waals surface area contributed by atoms with E-state index in [0.29, 0.717) is 17.6 Å². The van der Waals surface area contributed by atoms with Crippen molar-refractivity contribution in [2.75, 3.05) is 11.5 Å². The molecule has 0 spiro atoms. The van der Waals surface area contributed by atoms with Gasteiger partial charge in [-0.05, 0) is 30.4 Å². The van der Waals surface area contributed by atoms with Crippen molar-refractivity contribution in [1.82, 2.24) is 0 Å². The predicted molar refractivity (Wildman–Crippen MR) is 65.6 cm³/mol. The highest BCUT2D eigenvalue weighted by Gasteiger charge is 2.46. The Hall–Kier alpha value is -0.220. The topological polar surface area (TPSA) is 69.1 Å². The van der Waals surface area contributed by atoms with Crippen LogP contribution in [-0.4, -0.2) is 23.0 Å². The number of hydrogen-bond acceptors (Lipinski definition) is 3. The SMILES string of the molecule is CCC(C)CSCC(N)(C(N)=O)C1CC1. The van der Waals surface area contributed by atoms with Gasteiger partial charge in [-0.2, -0.15) is 11.8 Å². The third kappa shape index (κ3) is 3.38. The third-order valence-electron chi connectivity index (χ3n) is 3.20. The lowest BCUT2D eigenvalue weighted by molar-refractivity contribution is -0.123. The Bertz CT molecular complexity index is 231. The predicted octanol–water partition coefficient (Wildman–Crippen LogP) is 1.36. The molecule has 0 aliphatic heterocycles. The fourth-order valence-corrected chi connectivity index (χ4v) is 3.01. The molecular formula is C11H22N2OS. The number of thioether (sulfide) groups is 1. The Morgan fingerprint density at radius 3 is 2.60 bits per heavy atom. The van der Waals surface area contributed by atoms with Crippen molar-refractivity contribution < 1.29 is 4.79 Å². The van der Waals surface area contributed by atoms with Crippen LogP contribution < -0.4 is 11.5 Å². The molecule has 1 fully saturated rings. The number of amides is 1. The molecule has 1 saturated carbocycles. The second-order valence-corrected chi connectivity index (χ2v) is 5.74.